The molecule has 1 aromatic heterocycles. The van der Waals surface area contributed by atoms with E-state index in [4.69, 9.17) is 4.74 Å². The molecule has 3 aromatic rings. The Hall–Kier alpha value is -2.07. The maximum atomic E-state index is 12.3. The zero-order valence-corrected chi connectivity index (χ0v) is 25.6. The van der Waals surface area contributed by atoms with Gasteiger partial charge in [0.15, 0.2) is 11.2 Å². The van der Waals surface area contributed by atoms with Crippen LogP contribution < -0.4 is 77.1 Å². The van der Waals surface area contributed by atoms with Gasteiger partial charge in [-0.15, -0.1) is 0 Å². The van der Waals surface area contributed by atoms with E-state index in [1.807, 2.05) is 39.0 Å². The van der Waals surface area contributed by atoms with Crippen molar-refractivity contribution in [2.75, 3.05) is 18.1 Å². The molecule has 0 spiro atoms. The van der Waals surface area contributed by atoms with Gasteiger partial charge in [0.25, 0.3) is 0 Å². The van der Waals surface area contributed by atoms with Crippen molar-refractivity contribution in [2.24, 2.45) is 0 Å². The Bertz CT molecular complexity index is 1420. The summed E-state index contributed by atoms with van der Waals surface area (Å²) in [6.07, 6.45) is 6.22. The average Bonchev–Trinajstić information content (AvgIpc) is 2.71. The predicted molar refractivity (Wildman–Crippen MR) is 142 cm³/mol. The molecule has 0 bridgehead atoms. The van der Waals surface area contributed by atoms with Crippen molar-refractivity contribution < 1.29 is 81.0 Å². The minimum absolute atomic E-state index is 0. The molecule has 0 radical (unpaired) electrons. The van der Waals surface area contributed by atoms with Crippen LogP contribution in [0.1, 0.15) is 37.5 Å². The third-order valence-electron chi connectivity index (χ3n) is 4.84. The molecule has 0 saturated heterocycles. The maximum Gasteiger partial charge on any atom is 1.00 e. The first-order valence-corrected chi connectivity index (χ1v) is 12.0. The number of sulfonamides is 1. The molecule has 1 heterocycles. The number of aromatic nitrogens is 2. The van der Waals surface area contributed by atoms with E-state index in [-0.39, 0.29) is 73.2 Å². The van der Waals surface area contributed by atoms with Gasteiger partial charge in [0.1, 0.15) is 5.75 Å². The van der Waals surface area contributed by atoms with E-state index < -0.39 is 21.3 Å². The van der Waals surface area contributed by atoms with Crippen molar-refractivity contribution in [3.8, 4) is 11.4 Å². The topological polar surface area (TPSA) is 203 Å². The third kappa shape index (κ3) is 9.96. The SMILES string of the molecule is COc1c(/C=C/c2ccc(NS(C)(=O)=O)cc2)cc(-n2ccc(=O)[n-]c2=O)cc1C(C)(C)C.O.O.O.[K+]. The van der Waals surface area contributed by atoms with Gasteiger partial charge in [-0.3, -0.25) is 14.3 Å². The molecule has 0 aliphatic heterocycles. The van der Waals surface area contributed by atoms with Gasteiger partial charge in [0.05, 0.1) is 13.4 Å². The smallest absolute Gasteiger partial charge is 0.496 e. The molecule has 11 nitrogen and oxygen atoms in total. The summed E-state index contributed by atoms with van der Waals surface area (Å²) in [6, 6.07) is 11.8. The molecule has 0 aliphatic rings. The summed E-state index contributed by atoms with van der Waals surface area (Å²) in [6.45, 7) is 6.12. The second-order valence-electron chi connectivity index (χ2n) is 8.61. The van der Waals surface area contributed by atoms with Crippen LogP contribution in [-0.4, -0.2) is 42.8 Å². The summed E-state index contributed by atoms with van der Waals surface area (Å²) in [5.74, 6) is 0.666. The molecule has 3 rings (SSSR count). The van der Waals surface area contributed by atoms with Crippen LogP contribution in [0.3, 0.4) is 0 Å². The molecule has 2 aromatic carbocycles. The fourth-order valence-electron chi connectivity index (χ4n) is 3.33. The predicted octanol–water partition coefficient (Wildman–Crippen LogP) is -2.47. The van der Waals surface area contributed by atoms with Crippen LogP contribution in [0.2, 0.25) is 0 Å². The van der Waals surface area contributed by atoms with Crippen LogP contribution >= 0.6 is 0 Å². The van der Waals surface area contributed by atoms with Crippen LogP contribution in [0.25, 0.3) is 17.8 Å². The minimum atomic E-state index is -3.35. The van der Waals surface area contributed by atoms with E-state index >= 15 is 0 Å². The van der Waals surface area contributed by atoms with E-state index in [0.29, 0.717) is 17.1 Å². The van der Waals surface area contributed by atoms with Gasteiger partial charge >= 0.3 is 51.4 Å². The number of anilines is 1. The Morgan fingerprint density at radius 2 is 1.57 bits per heavy atom. The molecule has 37 heavy (non-hydrogen) atoms. The molecule has 0 aliphatic carbocycles. The van der Waals surface area contributed by atoms with E-state index in [9.17, 15) is 18.0 Å². The van der Waals surface area contributed by atoms with Crippen LogP contribution in [0.4, 0.5) is 5.69 Å². The van der Waals surface area contributed by atoms with Crippen LogP contribution in [0.5, 0.6) is 5.75 Å². The van der Waals surface area contributed by atoms with Gasteiger partial charge in [0.2, 0.25) is 10.0 Å². The van der Waals surface area contributed by atoms with Gasteiger partial charge in [-0.05, 0) is 40.9 Å². The largest absolute Gasteiger partial charge is 1.00 e. The summed E-state index contributed by atoms with van der Waals surface area (Å²) in [4.78, 5) is 27.3. The third-order valence-corrected chi connectivity index (χ3v) is 5.45. The summed E-state index contributed by atoms with van der Waals surface area (Å²) in [5.41, 5.74) is 1.95. The molecule has 0 amide bonds. The van der Waals surface area contributed by atoms with Crippen LogP contribution in [0, 0.1) is 0 Å². The van der Waals surface area contributed by atoms with Crippen molar-refractivity contribution in [2.45, 2.75) is 26.2 Å². The van der Waals surface area contributed by atoms with Gasteiger partial charge < -0.3 is 30.7 Å². The molecule has 0 atom stereocenters. The van der Waals surface area contributed by atoms with Gasteiger partial charge in [-0.1, -0.05) is 57.3 Å². The van der Waals surface area contributed by atoms with Crippen molar-refractivity contribution in [3.63, 3.8) is 0 Å². The van der Waals surface area contributed by atoms with Gasteiger partial charge in [0, 0.05) is 16.8 Å². The van der Waals surface area contributed by atoms with Crippen LogP contribution in [-0.2, 0) is 15.4 Å². The Morgan fingerprint density at radius 3 is 2.05 bits per heavy atom. The van der Waals surface area contributed by atoms with Crippen molar-refractivity contribution in [3.05, 3.63) is 86.2 Å². The first kappa shape index (κ1) is 37.1. The Balaban J connectivity index is 0. The molecule has 0 unspecified atom stereocenters. The number of ether oxygens (including phenoxy) is 1. The quantitative estimate of drug-likeness (QED) is 0.255. The monoisotopic (exact) mass is 561 g/mol. The molecular weight excluding hydrogens is 529 g/mol. The number of nitrogens with one attached hydrogen (secondary N) is 1. The minimum Gasteiger partial charge on any atom is -0.496 e. The number of hydrogen-bond acceptors (Lipinski definition) is 5. The Labute approximate surface area is 258 Å². The summed E-state index contributed by atoms with van der Waals surface area (Å²) >= 11 is 0. The van der Waals surface area contributed by atoms with E-state index in [1.54, 1.807) is 37.4 Å². The van der Waals surface area contributed by atoms with Crippen molar-refractivity contribution in [1.29, 1.82) is 0 Å². The van der Waals surface area contributed by atoms with Crippen LogP contribution in [0.15, 0.2) is 58.3 Å². The van der Waals surface area contributed by atoms with E-state index in [0.717, 1.165) is 22.9 Å². The second-order valence-corrected chi connectivity index (χ2v) is 10.4. The first-order valence-electron chi connectivity index (χ1n) is 10.1. The summed E-state index contributed by atoms with van der Waals surface area (Å²) < 4.78 is 32.2. The second kappa shape index (κ2) is 14.8. The van der Waals surface area contributed by atoms with Gasteiger partial charge in [-0.25, -0.2) is 8.42 Å². The standard InChI is InChI=1S/C24H27N3O5S.K.3H2O/c1-24(2,3)20-15-19(27-13-12-21(28)25-23(27)29)14-17(22(20)32-4)9-6-16-7-10-18(11-8-16)26-33(5,30)31;;;;/h6-15,26H,1-5H3,(H,25,28,29);;3*1H2/q;+1;;;/p-1/b9-6+;;;;. The Kier molecular flexibility index (Phi) is 14.8. The van der Waals surface area contributed by atoms with Crippen molar-refractivity contribution >= 4 is 27.9 Å². The fraction of sp³-hybridized carbons (Fsp3) is 0.250. The molecule has 13 heteroatoms. The molecule has 7 N–H and O–H groups in total. The Morgan fingerprint density at radius 1 is 0.973 bits per heavy atom. The summed E-state index contributed by atoms with van der Waals surface area (Å²) in [7, 11) is -1.76. The number of rotatable bonds is 6. The van der Waals surface area contributed by atoms with Crippen molar-refractivity contribution in [1.82, 2.24) is 9.55 Å². The number of methoxy groups -OCH3 is 1. The van der Waals surface area contributed by atoms with Gasteiger partial charge in [-0.2, -0.15) is 0 Å². The maximum absolute atomic E-state index is 12.3. The zero-order chi connectivity index (χ0) is 24.4. The number of hydrogen-bond donors (Lipinski definition) is 1. The number of nitrogens with zero attached hydrogens (tertiary/aromatic N) is 2. The molecule has 198 valence electrons. The first-order chi connectivity index (χ1) is 15.4. The molecular formula is C24H32KN3O8S. The zero-order valence-electron chi connectivity index (χ0n) is 21.6. The average molecular weight is 562 g/mol. The van der Waals surface area contributed by atoms with E-state index in [1.165, 1.54) is 16.8 Å². The fourth-order valence-corrected chi connectivity index (χ4v) is 3.89. The van der Waals surface area contributed by atoms with E-state index in [2.05, 4.69) is 9.71 Å². The normalized spacial score (nSPS) is 10.8. The molecule has 0 saturated carbocycles. The summed E-state index contributed by atoms with van der Waals surface area (Å²) in [5, 5.41) is 0. The molecule has 0 fully saturated rings. The number of benzene rings is 2.